The van der Waals surface area contributed by atoms with Gasteiger partial charge in [-0.3, -0.25) is 4.79 Å². The van der Waals surface area contributed by atoms with E-state index in [9.17, 15) is 9.18 Å². The zero-order valence-corrected chi connectivity index (χ0v) is 22.1. The minimum Gasteiger partial charge on any atom is -0.379 e. The second-order valence-electron chi connectivity index (χ2n) is 10.1. The van der Waals surface area contributed by atoms with Gasteiger partial charge in [0.25, 0.3) is 5.91 Å². The van der Waals surface area contributed by atoms with Crippen molar-refractivity contribution in [2.24, 2.45) is 0 Å². The number of nitrogens with zero attached hydrogens (tertiary/aromatic N) is 2. The Labute approximate surface area is 218 Å². The Bertz CT molecular complexity index is 1430. The van der Waals surface area contributed by atoms with E-state index in [2.05, 4.69) is 61.1 Å². The number of hydrogen-bond donors (Lipinski definition) is 2. The molecule has 0 radical (unpaired) electrons. The highest BCUT2D eigenvalue weighted by atomic mass is 19.1. The van der Waals surface area contributed by atoms with Crippen LogP contribution in [-0.4, -0.2) is 41.6 Å². The average Bonchev–Trinajstić information content (AvgIpc) is 3.14. The third-order valence-electron chi connectivity index (χ3n) is 7.74. The van der Waals surface area contributed by atoms with Gasteiger partial charge in [0, 0.05) is 55.9 Å². The van der Waals surface area contributed by atoms with E-state index in [1.807, 2.05) is 29.2 Å². The minimum atomic E-state index is -0.235. The number of anilines is 1. The van der Waals surface area contributed by atoms with Gasteiger partial charge in [0.1, 0.15) is 5.82 Å². The molecular formula is C31H35FN4O. The van der Waals surface area contributed by atoms with Crippen LogP contribution in [0.5, 0.6) is 0 Å². The molecule has 0 unspecified atom stereocenters. The lowest BCUT2D eigenvalue weighted by atomic mass is 10.0. The average molecular weight is 499 g/mol. The Morgan fingerprint density at radius 1 is 0.973 bits per heavy atom. The number of halogens is 1. The van der Waals surface area contributed by atoms with E-state index in [4.69, 9.17) is 0 Å². The molecule has 3 aromatic carbocycles. The molecule has 4 aromatic rings. The SMILES string of the molecule is Cc1cccc(C)c1CNc1cc(C(=O)N2CCNCC2)cc2c(C)c(C)n(Cc3ccc(F)cc3)c12. The highest BCUT2D eigenvalue weighted by Gasteiger charge is 2.22. The molecule has 1 saturated heterocycles. The summed E-state index contributed by atoms with van der Waals surface area (Å²) in [6.45, 7) is 12.9. The van der Waals surface area contributed by atoms with Crippen LogP contribution in [0.3, 0.4) is 0 Å². The van der Waals surface area contributed by atoms with Gasteiger partial charge in [-0.25, -0.2) is 4.39 Å². The smallest absolute Gasteiger partial charge is 0.254 e. The van der Waals surface area contributed by atoms with Crippen molar-refractivity contribution in [2.45, 2.75) is 40.8 Å². The molecule has 1 aliphatic rings. The molecule has 1 fully saturated rings. The molecule has 2 heterocycles. The Morgan fingerprint density at radius 3 is 2.32 bits per heavy atom. The zero-order valence-electron chi connectivity index (χ0n) is 22.1. The molecule has 6 heteroatoms. The van der Waals surface area contributed by atoms with Crippen LogP contribution in [0.15, 0.2) is 54.6 Å². The minimum absolute atomic E-state index is 0.0712. The van der Waals surface area contributed by atoms with E-state index in [-0.39, 0.29) is 11.7 Å². The standard InChI is InChI=1S/C31H35FN4O/c1-20-6-5-7-21(2)28(20)18-34-29-17-25(31(37)35-14-12-33-13-15-35)16-27-22(3)23(4)36(30(27)29)19-24-8-10-26(32)11-9-24/h5-11,16-17,33-34H,12-15,18-19H2,1-4H3. The van der Waals surface area contributed by atoms with Crippen LogP contribution in [0.4, 0.5) is 10.1 Å². The topological polar surface area (TPSA) is 49.3 Å². The maximum absolute atomic E-state index is 13.6. The number of carbonyl (C=O) groups is 1. The molecule has 2 N–H and O–H groups in total. The van der Waals surface area contributed by atoms with Gasteiger partial charge in [-0.15, -0.1) is 0 Å². The lowest BCUT2D eigenvalue weighted by molar-refractivity contribution is 0.0736. The molecule has 5 rings (SSSR count). The van der Waals surface area contributed by atoms with Gasteiger partial charge in [-0.1, -0.05) is 30.3 Å². The van der Waals surface area contributed by atoms with Crippen molar-refractivity contribution >= 4 is 22.5 Å². The van der Waals surface area contributed by atoms with Gasteiger partial charge >= 0.3 is 0 Å². The molecule has 1 aliphatic heterocycles. The quantitative estimate of drug-likeness (QED) is 0.358. The second-order valence-corrected chi connectivity index (χ2v) is 10.1. The number of fused-ring (bicyclic) bond motifs is 1. The zero-order chi connectivity index (χ0) is 26.1. The lowest BCUT2D eigenvalue weighted by Gasteiger charge is -2.27. The fourth-order valence-electron chi connectivity index (χ4n) is 5.37. The molecule has 37 heavy (non-hydrogen) atoms. The number of aryl methyl sites for hydroxylation is 3. The van der Waals surface area contributed by atoms with Crippen LogP contribution in [-0.2, 0) is 13.1 Å². The molecule has 0 atom stereocenters. The summed E-state index contributed by atoms with van der Waals surface area (Å²) in [4.78, 5) is 15.5. The Kier molecular flexibility index (Phi) is 7.02. The predicted molar refractivity (Wildman–Crippen MR) is 149 cm³/mol. The number of piperazine rings is 1. The molecule has 5 nitrogen and oxygen atoms in total. The van der Waals surface area contributed by atoms with Gasteiger partial charge in [0.05, 0.1) is 11.2 Å². The van der Waals surface area contributed by atoms with Crippen LogP contribution < -0.4 is 10.6 Å². The van der Waals surface area contributed by atoms with E-state index in [1.165, 1.54) is 28.8 Å². The molecular weight excluding hydrogens is 463 g/mol. The fourth-order valence-corrected chi connectivity index (χ4v) is 5.37. The van der Waals surface area contributed by atoms with Gasteiger partial charge in [-0.05, 0) is 79.8 Å². The molecule has 192 valence electrons. The third kappa shape index (κ3) is 4.98. The van der Waals surface area contributed by atoms with Gasteiger partial charge in [0.2, 0.25) is 0 Å². The van der Waals surface area contributed by atoms with Crippen LogP contribution in [0, 0.1) is 33.5 Å². The van der Waals surface area contributed by atoms with Crippen LogP contribution in [0.25, 0.3) is 10.9 Å². The predicted octanol–water partition coefficient (Wildman–Crippen LogP) is 5.72. The molecule has 0 spiro atoms. The summed E-state index contributed by atoms with van der Waals surface area (Å²) < 4.78 is 15.9. The number of aromatic nitrogens is 1. The van der Waals surface area contributed by atoms with E-state index < -0.39 is 0 Å². The molecule has 1 aromatic heterocycles. The van der Waals surface area contributed by atoms with Crippen molar-refractivity contribution in [1.82, 2.24) is 14.8 Å². The number of nitrogens with one attached hydrogen (secondary N) is 2. The first kappa shape index (κ1) is 25.0. The second kappa shape index (κ2) is 10.4. The third-order valence-corrected chi connectivity index (χ3v) is 7.74. The summed E-state index contributed by atoms with van der Waals surface area (Å²) in [6, 6.07) is 17.1. The van der Waals surface area contributed by atoms with Crippen LogP contribution in [0.1, 0.15) is 43.9 Å². The monoisotopic (exact) mass is 498 g/mol. The fraction of sp³-hybridized carbons (Fsp3) is 0.323. The largest absolute Gasteiger partial charge is 0.379 e. The van der Waals surface area contributed by atoms with E-state index in [0.717, 1.165) is 46.5 Å². The number of benzene rings is 3. The summed E-state index contributed by atoms with van der Waals surface area (Å²) in [5.41, 5.74) is 9.79. The molecule has 0 saturated carbocycles. The lowest BCUT2D eigenvalue weighted by Crippen LogP contribution is -2.46. The van der Waals surface area contributed by atoms with Crippen LogP contribution >= 0.6 is 0 Å². The van der Waals surface area contributed by atoms with Gasteiger partial charge < -0.3 is 20.1 Å². The first-order valence-corrected chi connectivity index (χ1v) is 13.0. The highest BCUT2D eigenvalue weighted by Crippen LogP contribution is 2.34. The van der Waals surface area contributed by atoms with Crippen molar-refractivity contribution in [1.29, 1.82) is 0 Å². The Morgan fingerprint density at radius 2 is 1.65 bits per heavy atom. The number of hydrogen-bond acceptors (Lipinski definition) is 3. The normalized spacial score (nSPS) is 13.8. The molecule has 0 bridgehead atoms. The molecule has 0 aliphatic carbocycles. The maximum Gasteiger partial charge on any atom is 0.254 e. The van der Waals surface area contributed by atoms with Gasteiger partial charge in [0.15, 0.2) is 0 Å². The van der Waals surface area contributed by atoms with E-state index >= 15 is 0 Å². The highest BCUT2D eigenvalue weighted by molar-refractivity contribution is 6.04. The van der Waals surface area contributed by atoms with Crippen molar-refractivity contribution in [2.75, 3.05) is 31.5 Å². The van der Waals surface area contributed by atoms with Crippen LogP contribution in [0.2, 0.25) is 0 Å². The number of rotatable bonds is 6. The van der Waals surface area contributed by atoms with Crippen molar-refractivity contribution in [3.63, 3.8) is 0 Å². The van der Waals surface area contributed by atoms with Gasteiger partial charge in [-0.2, -0.15) is 0 Å². The van der Waals surface area contributed by atoms with Crippen molar-refractivity contribution in [3.8, 4) is 0 Å². The maximum atomic E-state index is 13.6. The molecule has 1 amide bonds. The Hall–Kier alpha value is -3.64. The van der Waals surface area contributed by atoms with E-state index in [1.54, 1.807) is 0 Å². The first-order valence-electron chi connectivity index (χ1n) is 13.0. The Balaban J connectivity index is 1.61. The van der Waals surface area contributed by atoms with Crippen molar-refractivity contribution in [3.05, 3.63) is 99.5 Å². The summed E-state index contributed by atoms with van der Waals surface area (Å²) in [5.74, 6) is -0.164. The van der Waals surface area contributed by atoms with Crippen molar-refractivity contribution < 1.29 is 9.18 Å². The summed E-state index contributed by atoms with van der Waals surface area (Å²) in [5, 5.41) is 8.09. The first-order chi connectivity index (χ1) is 17.8. The summed E-state index contributed by atoms with van der Waals surface area (Å²) >= 11 is 0. The van der Waals surface area contributed by atoms with E-state index in [0.29, 0.717) is 31.7 Å². The summed E-state index contributed by atoms with van der Waals surface area (Å²) in [7, 11) is 0. The number of carbonyl (C=O) groups excluding carboxylic acids is 1. The summed E-state index contributed by atoms with van der Waals surface area (Å²) in [6.07, 6.45) is 0. The number of amides is 1.